The number of carboxylic acid groups (broad SMARTS) is 2. The number of amides is 1. The summed E-state index contributed by atoms with van der Waals surface area (Å²) in [5.74, 6) is -2.21. The van der Waals surface area contributed by atoms with Crippen LogP contribution in [0.4, 0.5) is 4.79 Å². The lowest BCUT2D eigenvalue weighted by Gasteiger charge is -2.39. The number of benzene rings is 1. The van der Waals surface area contributed by atoms with Crippen LogP contribution in [0.1, 0.15) is 208 Å². The second-order valence-electron chi connectivity index (χ2n) is 25.3. The first-order chi connectivity index (χ1) is 41.3. The molecule has 22 nitrogen and oxygen atoms in total. The molecule has 3 N–H and O–H groups in total. The van der Waals surface area contributed by atoms with Gasteiger partial charge in [0.1, 0.15) is 24.0 Å². The lowest BCUT2D eigenvalue weighted by Crippen LogP contribution is -2.48. The van der Waals surface area contributed by atoms with Crippen molar-refractivity contribution in [1.29, 1.82) is 0 Å². The van der Waals surface area contributed by atoms with E-state index in [0.29, 0.717) is 162 Å². The summed E-state index contributed by atoms with van der Waals surface area (Å²) < 4.78 is 53.7. The van der Waals surface area contributed by atoms with Crippen LogP contribution < -0.4 is 5.32 Å². The molecule has 1 amide bonds. The van der Waals surface area contributed by atoms with Crippen LogP contribution in [0.5, 0.6) is 0 Å². The number of rotatable bonds is 11. The van der Waals surface area contributed by atoms with Crippen LogP contribution in [0.2, 0.25) is 0 Å². The molecule has 0 unspecified atom stereocenters. The summed E-state index contributed by atoms with van der Waals surface area (Å²) in [6.07, 6.45) is 15.5. The Balaban J connectivity index is 0.000000192. The zero-order chi connectivity index (χ0) is 63.8. The molecule has 3 heterocycles. The van der Waals surface area contributed by atoms with E-state index in [9.17, 15) is 43.2 Å². The highest BCUT2D eigenvalue weighted by Crippen LogP contribution is 2.46. The Labute approximate surface area is 513 Å². The number of carbonyl (C=O) groups is 9. The monoisotopic (exact) mass is 1230 g/mol. The van der Waals surface area contributed by atoms with Crippen molar-refractivity contribution in [3.05, 3.63) is 35.9 Å². The number of aliphatic carboxylic acids is 2. The molecule has 0 bridgehead atoms. The third-order valence-corrected chi connectivity index (χ3v) is 18.4. The molecule has 10 rings (SSSR count). The van der Waals surface area contributed by atoms with E-state index in [1.807, 2.05) is 58.0 Å². The maximum Gasteiger partial charge on any atom is 0.407 e. The quantitative estimate of drug-likeness (QED) is 0.137. The average molecular weight is 1230 g/mol. The van der Waals surface area contributed by atoms with Crippen molar-refractivity contribution in [2.45, 2.75) is 232 Å². The number of Topliss-reactive ketones (excluding diaryl/α,β-unsaturated/α-hetero) is 3. The highest BCUT2D eigenvalue weighted by molar-refractivity contribution is 5.84. The summed E-state index contributed by atoms with van der Waals surface area (Å²) in [5, 5.41) is 20.7. The number of alkyl carbamates (subject to hydrolysis) is 1. The molecule has 490 valence electrons. The zero-order valence-electron chi connectivity index (χ0n) is 52.7. The Morgan fingerprint density at radius 3 is 1.21 bits per heavy atom. The maximum absolute atomic E-state index is 11.8. The van der Waals surface area contributed by atoms with E-state index in [2.05, 4.69) is 5.32 Å². The molecule has 22 heteroatoms. The maximum atomic E-state index is 11.8. The van der Waals surface area contributed by atoms with Gasteiger partial charge in [-0.25, -0.2) is 4.79 Å². The molecule has 0 radical (unpaired) electrons. The highest BCUT2D eigenvalue weighted by Gasteiger charge is 2.49. The number of carboxylic acids is 2. The first kappa shape index (κ1) is 72.4. The summed E-state index contributed by atoms with van der Waals surface area (Å²) in [5.41, 5.74) is -0.936. The summed E-state index contributed by atoms with van der Waals surface area (Å²) in [6.45, 7) is 18.6. The van der Waals surface area contributed by atoms with Crippen LogP contribution in [0.3, 0.4) is 0 Å². The molecule has 1 aromatic carbocycles. The summed E-state index contributed by atoms with van der Waals surface area (Å²) in [4.78, 5) is 101. The molecule has 6 saturated carbocycles. The van der Waals surface area contributed by atoms with Gasteiger partial charge in [0.15, 0.2) is 17.4 Å². The van der Waals surface area contributed by atoms with Gasteiger partial charge in [-0.1, -0.05) is 30.3 Å². The van der Waals surface area contributed by atoms with Gasteiger partial charge in [0.25, 0.3) is 0 Å². The van der Waals surface area contributed by atoms with E-state index >= 15 is 0 Å². The van der Waals surface area contributed by atoms with Gasteiger partial charge in [-0.3, -0.25) is 38.4 Å². The van der Waals surface area contributed by atoms with Crippen LogP contribution in [0.15, 0.2) is 30.3 Å². The van der Waals surface area contributed by atoms with E-state index < -0.39 is 40.4 Å². The first-order valence-corrected chi connectivity index (χ1v) is 31.6. The smallest absolute Gasteiger partial charge is 0.407 e. The number of ketones is 3. The predicted octanol–water partition coefficient (Wildman–Crippen LogP) is 10.1. The second-order valence-corrected chi connectivity index (χ2v) is 25.3. The van der Waals surface area contributed by atoms with E-state index in [1.54, 1.807) is 20.8 Å². The molecule has 3 spiro atoms. The average Bonchev–Trinajstić information content (AvgIpc) is 2.74. The number of carbonyl (C=O) groups excluding carboxylic acids is 7. The Bertz CT molecular complexity index is 2360. The Kier molecular flexibility index (Phi) is 28.3. The van der Waals surface area contributed by atoms with Gasteiger partial charge in [-0.05, 0) is 131 Å². The van der Waals surface area contributed by atoms with Gasteiger partial charge in [-0.15, -0.1) is 0 Å². The fraction of sp³-hybridized carbons (Fsp3) is 0.769. The molecule has 3 aliphatic heterocycles. The van der Waals surface area contributed by atoms with Crippen molar-refractivity contribution in [3.63, 3.8) is 0 Å². The van der Waals surface area contributed by atoms with E-state index in [4.69, 9.17) is 57.6 Å². The van der Waals surface area contributed by atoms with Crippen molar-refractivity contribution in [3.8, 4) is 0 Å². The van der Waals surface area contributed by atoms with E-state index in [0.717, 1.165) is 56.9 Å². The van der Waals surface area contributed by atoms with E-state index in [1.165, 1.54) is 0 Å². The number of hydrogen-bond donors (Lipinski definition) is 3. The normalized spacial score (nSPS) is 25.3. The van der Waals surface area contributed by atoms with Gasteiger partial charge in [0.05, 0.1) is 87.5 Å². The molecule has 0 atom stereocenters. The van der Waals surface area contributed by atoms with Crippen LogP contribution in [-0.4, -0.2) is 146 Å². The molecule has 87 heavy (non-hydrogen) atoms. The number of esters is 3. The molecule has 9 aliphatic rings. The van der Waals surface area contributed by atoms with Gasteiger partial charge in [-0.2, -0.15) is 0 Å². The lowest BCUT2D eigenvalue weighted by atomic mass is 9.73. The highest BCUT2D eigenvalue weighted by atomic mass is 16.7. The van der Waals surface area contributed by atoms with Crippen LogP contribution in [0.25, 0.3) is 0 Å². The Morgan fingerprint density at radius 1 is 0.448 bits per heavy atom. The fourth-order valence-electron chi connectivity index (χ4n) is 11.9. The Morgan fingerprint density at radius 2 is 0.805 bits per heavy atom. The standard InChI is InChI=1S/C15H19NO3.C12H20O4.C11H18O4.C10H16O4.C9H14O3.C8H12O3/c1-15(9-7-13(17)8-10-15)16-14(18)19-11-12-5-3-2-4-6-12;1-3-14-10(13)11(2)4-6-12(7-5-11)15-8-9-16-12;1-2-13-10(12)9-3-5-11(6-4-9)14-7-8-15-11;1-9(8(11)12)2-4-10(5-3-9)13-6-7-14-10;1-2-12-9(11)7-3-5-8(10)6-4-7;1-8(7(10)11)4-2-6(9)3-5-8/h2-6H,7-11H2,1H3,(H,16,18);3-9H2,1-2H3;9H,2-8H2,1H3;2-7H2,1H3,(H,11,12);7H,2-6H2,1H3;2-5H2,1H3,(H,10,11). The molecule has 9 fully saturated rings. The third kappa shape index (κ3) is 22.6. The largest absolute Gasteiger partial charge is 0.481 e. The number of ether oxygens (including phenoxy) is 10. The van der Waals surface area contributed by atoms with Gasteiger partial charge >= 0.3 is 35.9 Å². The molecule has 6 aliphatic carbocycles. The summed E-state index contributed by atoms with van der Waals surface area (Å²) >= 11 is 0. The minimum absolute atomic E-state index is 0.0253. The van der Waals surface area contributed by atoms with Crippen molar-refractivity contribution in [2.24, 2.45) is 28.1 Å². The number of hydrogen-bond acceptors (Lipinski definition) is 19. The number of nitrogens with one attached hydrogen (secondary N) is 1. The minimum atomic E-state index is -0.773. The Hall–Kier alpha value is -5.39. The van der Waals surface area contributed by atoms with Crippen molar-refractivity contribution in [2.75, 3.05) is 59.5 Å². The van der Waals surface area contributed by atoms with E-state index in [-0.39, 0.29) is 70.4 Å². The lowest BCUT2D eigenvalue weighted by molar-refractivity contribution is -0.197. The third-order valence-electron chi connectivity index (χ3n) is 18.4. The topological polar surface area (TPSA) is 298 Å². The van der Waals surface area contributed by atoms with Crippen LogP contribution in [0, 0.1) is 28.1 Å². The van der Waals surface area contributed by atoms with Gasteiger partial charge < -0.3 is 62.9 Å². The summed E-state index contributed by atoms with van der Waals surface area (Å²) in [6, 6.07) is 9.56. The van der Waals surface area contributed by atoms with Crippen LogP contribution in [-0.2, 0) is 92.3 Å². The van der Waals surface area contributed by atoms with Gasteiger partial charge in [0.2, 0.25) is 0 Å². The first-order valence-electron chi connectivity index (χ1n) is 31.6. The van der Waals surface area contributed by atoms with Gasteiger partial charge in [0, 0.05) is 82.6 Å². The predicted molar refractivity (Wildman–Crippen MR) is 314 cm³/mol. The van der Waals surface area contributed by atoms with Crippen molar-refractivity contribution in [1.82, 2.24) is 5.32 Å². The zero-order valence-corrected chi connectivity index (χ0v) is 52.7. The second kappa shape index (κ2) is 34.0. The van der Waals surface area contributed by atoms with Crippen molar-refractivity contribution >= 4 is 53.3 Å². The SMILES string of the molecule is CC1(C(=O)O)CCC(=O)CC1.CC1(C(=O)O)CCC2(CC1)OCCO2.CC1(NC(=O)OCc2ccccc2)CCC(=O)CC1.CCOC(=O)C1(C)CCC2(CC1)OCCO2.CCOC(=O)C1CCC(=O)CC1.CCOC(=O)C1CCC2(CC1)OCCO2. The minimum Gasteiger partial charge on any atom is -0.481 e. The molecule has 1 aromatic rings. The molecule has 3 saturated heterocycles. The molecule has 0 aromatic heterocycles. The summed E-state index contributed by atoms with van der Waals surface area (Å²) in [7, 11) is 0. The molecular formula is C65H99NO21. The van der Waals surface area contributed by atoms with Crippen molar-refractivity contribution < 1.29 is 101 Å². The van der Waals surface area contributed by atoms with Crippen LogP contribution >= 0.6 is 0 Å². The fourth-order valence-corrected chi connectivity index (χ4v) is 11.9. The molecular weight excluding hydrogens is 1130 g/mol.